The van der Waals surface area contributed by atoms with Crippen molar-refractivity contribution in [2.45, 2.75) is 6.04 Å². The molecule has 1 heterocycles. The Morgan fingerprint density at radius 2 is 2.00 bits per heavy atom. The van der Waals surface area contributed by atoms with Gasteiger partial charge in [-0.2, -0.15) is 0 Å². The van der Waals surface area contributed by atoms with Crippen molar-refractivity contribution in [1.82, 2.24) is 5.32 Å². The van der Waals surface area contributed by atoms with Gasteiger partial charge in [-0.1, -0.05) is 6.07 Å². The summed E-state index contributed by atoms with van der Waals surface area (Å²) in [5.74, 6) is -1.36. The van der Waals surface area contributed by atoms with Gasteiger partial charge in [0.05, 0.1) is 6.04 Å². The number of nitrogens with one attached hydrogen (secondary N) is 1. The normalized spacial score (nSPS) is 20.4. The number of carbonyl (C=O) groups is 1. The van der Waals surface area contributed by atoms with Crippen LogP contribution in [0.1, 0.15) is 11.6 Å². The first kappa shape index (κ1) is 8.93. The third-order valence-corrected chi connectivity index (χ3v) is 2.02. The predicted octanol–water partition coefficient (Wildman–Crippen LogP) is 1.75. The fourth-order valence-corrected chi connectivity index (χ4v) is 1.38. The van der Waals surface area contributed by atoms with Crippen LogP contribution in [0.15, 0.2) is 18.2 Å². The van der Waals surface area contributed by atoms with Crippen molar-refractivity contribution in [1.29, 1.82) is 0 Å². The SMILES string of the molecule is O=C1N[C@@H](c2c(F)cccc2F)CO1. The van der Waals surface area contributed by atoms with Crippen LogP contribution in [0.25, 0.3) is 0 Å². The van der Waals surface area contributed by atoms with Crippen molar-refractivity contribution in [2.24, 2.45) is 0 Å². The molecular formula is C9H7F2NO2. The van der Waals surface area contributed by atoms with E-state index < -0.39 is 23.8 Å². The molecule has 5 heteroatoms. The molecule has 0 aromatic heterocycles. The van der Waals surface area contributed by atoms with Crippen molar-refractivity contribution in [3.8, 4) is 0 Å². The lowest BCUT2D eigenvalue weighted by Crippen LogP contribution is -2.20. The number of halogens is 2. The summed E-state index contributed by atoms with van der Waals surface area (Å²) in [6.45, 7) is -0.0450. The Labute approximate surface area is 78.7 Å². The van der Waals surface area contributed by atoms with Gasteiger partial charge in [0.1, 0.15) is 18.2 Å². The molecule has 1 atom stereocenters. The second-order valence-corrected chi connectivity index (χ2v) is 2.93. The molecule has 0 unspecified atom stereocenters. The van der Waals surface area contributed by atoms with Gasteiger partial charge in [0.25, 0.3) is 0 Å². The largest absolute Gasteiger partial charge is 0.447 e. The lowest BCUT2D eigenvalue weighted by molar-refractivity contribution is 0.176. The van der Waals surface area contributed by atoms with Crippen LogP contribution < -0.4 is 5.32 Å². The van der Waals surface area contributed by atoms with Gasteiger partial charge in [0.15, 0.2) is 0 Å². The van der Waals surface area contributed by atoms with Gasteiger partial charge in [-0.15, -0.1) is 0 Å². The van der Waals surface area contributed by atoms with Crippen LogP contribution in [-0.2, 0) is 4.74 Å². The summed E-state index contributed by atoms with van der Waals surface area (Å²) in [6.07, 6.45) is -0.655. The summed E-state index contributed by atoms with van der Waals surface area (Å²) in [5.41, 5.74) is -0.154. The zero-order valence-electron chi connectivity index (χ0n) is 7.09. The Kier molecular flexibility index (Phi) is 2.07. The van der Waals surface area contributed by atoms with E-state index in [9.17, 15) is 13.6 Å². The Bertz CT molecular complexity index is 361. The highest BCUT2D eigenvalue weighted by Crippen LogP contribution is 2.23. The van der Waals surface area contributed by atoms with E-state index >= 15 is 0 Å². The highest BCUT2D eigenvalue weighted by Gasteiger charge is 2.28. The molecule has 1 fully saturated rings. The maximum atomic E-state index is 13.2. The number of amides is 1. The van der Waals surface area contributed by atoms with Gasteiger partial charge in [-0.25, -0.2) is 13.6 Å². The summed E-state index contributed by atoms with van der Waals surface area (Å²) in [4.78, 5) is 10.7. The second kappa shape index (κ2) is 3.25. The monoisotopic (exact) mass is 199 g/mol. The Morgan fingerprint density at radius 3 is 2.50 bits per heavy atom. The fourth-order valence-electron chi connectivity index (χ4n) is 1.38. The summed E-state index contributed by atoms with van der Waals surface area (Å²) in [6, 6.07) is 2.82. The minimum atomic E-state index is -0.733. The molecule has 0 radical (unpaired) electrons. The van der Waals surface area contributed by atoms with Gasteiger partial charge in [0.2, 0.25) is 0 Å². The molecule has 3 nitrogen and oxygen atoms in total. The summed E-state index contributed by atoms with van der Waals surface area (Å²) in [7, 11) is 0. The first-order valence-electron chi connectivity index (χ1n) is 4.05. The number of cyclic esters (lactones) is 1. The molecule has 1 aromatic rings. The van der Waals surface area contributed by atoms with Crippen molar-refractivity contribution < 1.29 is 18.3 Å². The fraction of sp³-hybridized carbons (Fsp3) is 0.222. The average molecular weight is 199 g/mol. The summed E-state index contributed by atoms with van der Waals surface area (Å²) < 4.78 is 30.9. The van der Waals surface area contributed by atoms with E-state index in [1.165, 1.54) is 6.07 Å². The van der Waals surface area contributed by atoms with E-state index in [1.54, 1.807) is 0 Å². The first-order valence-corrected chi connectivity index (χ1v) is 4.05. The molecule has 1 aliphatic rings. The van der Waals surface area contributed by atoms with Crippen LogP contribution >= 0.6 is 0 Å². The molecule has 1 aliphatic heterocycles. The lowest BCUT2D eigenvalue weighted by atomic mass is 10.1. The third-order valence-electron chi connectivity index (χ3n) is 2.02. The highest BCUT2D eigenvalue weighted by molar-refractivity contribution is 5.70. The molecular weight excluding hydrogens is 192 g/mol. The number of ether oxygens (including phenoxy) is 1. The van der Waals surface area contributed by atoms with Crippen LogP contribution in [0.2, 0.25) is 0 Å². The van der Waals surface area contributed by atoms with E-state index in [0.29, 0.717) is 0 Å². The maximum absolute atomic E-state index is 13.2. The Balaban J connectivity index is 2.36. The van der Waals surface area contributed by atoms with E-state index in [0.717, 1.165) is 12.1 Å². The van der Waals surface area contributed by atoms with Gasteiger partial charge < -0.3 is 10.1 Å². The molecule has 74 valence electrons. The van der Waals surface area contributed by atoms with Crippen molar-refractivity contribution in [3.63, 3.8) is 0 Å². The van der Waals surface area contributed by atoms with E-state index in [2.05, 4.69) is 10.1 Å². The zero-order chi connectivity index (χ0) is 10.1. The number of carbonyl (C=O) groups excluding carboxylic acids is 1. The minimum absolute atomic E-state index is 0.0450. The van der Waals surface area contributed by atoms with E-state index in [4.69, 9.17) is 0 Å². The molecule has 0 saturated carbocycles. The molecule has 14 heavy (non-hydrogen) atoms. The molecule has 0 bridgehead atoms. The summed E-state index contributed by atoms with van der Waals surface area (Å²) in [5, 5.41) is 2.31. The van der Waals surface area contributed by atoms with Gasteiger partial charge in [-0.05, 0) is 12.1 Å². The number of hydrogen-bond acceptors (Lipinski definition) is 2. The average Bonchev–Trinajstić information content (AvgIpc) is 2.51. The van der Waals surface area contributed by atoms with Gasteiger partial charge in [-0.3, -0.25) is 0 Å². The minimum Gasteiger partial charge on any atom is -0.447 e. The van der Waals surface area contributed by atoms with Crippen LogP contribution in [0.3, 0.4) is 0 Å². The van der Waals surface area contributed by atoms with Crippen molar-refractivity contribution in [2.75, 3.05) is 6.61 Å². The topological polar surface area (TPSA) is 38.3 Å². The van der Waals surface area contributed by atoms with Crippen LogP contribution in [0, 0.1) is 11.6 Å². The molecule has 1 aromatic carbocycles. The number of benzene rings is 1. The highest BCUT2D eigenvalue weighted by atomic mass is 19.1. The number of rotatable bonds is 1. The van der Waals surface area contributed by atoms with Crippen molar-refractivity contribution >= 4 is 6.09 Å². The van der Waals surface area contributed by atoms with Crippen LogP contribution in [0.4, 0.5) is 13.6 Å². The van der Waals surface area contributed by atoms with Crippen LogP contribution in [-0.4, -0.2) is 12.7 Å². The first-order chi connectivity index (χ1) is 6.68. The summed E-state index contributed by atoms with van der Waals surface area (Å²) >= 11 is 0. The lowest BCUT2D eigenvalue weighted by Gasteiger charge is -2.09. The Hall–Kier alpha value is -1.65. The standard InChI is InChI=1S/C9H7F2NO2/c10-5-2-1-3-6(11)8(5)7-4-14-9(13)12-7/h1-3,7H,4H2,(H,12,13)/t7-/m1/s1. The zero-order valence-corrected chi connectivity index (χ0v) is 7.09. The molecule has 0 spiro atoms. The van der Waals surface area contributed by atoms with E-state index in [-0.39, 0.29) is 12.2 Å². The maximum Gasteiger partial charge on any atom is 0.407 e. The van der Waals surface area contributed by atoms with Crippen molar-refractivity contribution in [3.05, 3.63) is 35.4 Å². The molecule has 1 saturated heterocycles. The van der Waals surface area contributed by atoms with Gasteiger partial charge >= 0.3 is 6.09 Å². The predicted molar refractivity (Wildman–Crippen MR) is 43.6 cm³/mol. The molecule has 1 amide bonds. The van der Waals surface area contributed by atoms with E-state index in [1.807, 2.05) is 0 Å². The van der Waals surface area contributed by atoms with Gasteiger partial charge in [0, 0.05) is 5.56 Å². The number of hydrogen-bond donors (Lipinski definition) is 1. The molecule has 1 N–H and O–H groups in total. The smallest absolute Gasteiger partial charge is 0.407 e. The molecule has 2 rings (SSSR count). The van der Waals surface area contributed by atoms with Crippen LogP contribution in [0.5, 0.6) is 0 Å². The molecule has 0 aliphatic carbocycles. The second-order valence-electron chi connectivity index (χ2n) is 2.93. The quantitative estimate of drug-likeness (QED) is 0.748. The number of alkyl carbamates (subject to hydrolysis) is 1. The third kappa shape index (κ3) is 1.41. The Morgan fingerprint density at radius 1 is 1.36 bits per heavy atom.